The smallest absolute Gasteiger partial charge is 0.337 e. The number of pyridine rings is 1. The van der Waals surface area contributed by atoms with Gasteiger partial charge in [-0.1, -0.05) is 30.3 Å². The van der Waals surface area contributed by atoms with Crippen LogP contribution in [-0.2, 0) is 16.1 Å². The van der Waals surface area contributed by atoms with E-state index in [1.807, 2.05) is 14.0 Å². The highest BCUT2D eigenvalue weighted by Crippen LogP contribution is 2.43. The van der Waals surface area contributed by atoms with Gasteiger partial charge >= 0.3 is 23.2 Å². The maximum atomic E-state index is 14.4. The molecule has 1 unspecified atom stereocenters. The molecule has 12 heteroatoms. The van der Waals surface area contributed by atoms with Crippen molar-refractivity contribution in [1.29, 1.82) is 0 Å². The zero-order chi connectivity index (χ0) is 30.2. The van der Waals surface area contributed by atoms with Crippen molar-refractivity contribution in [3.05, 3.63) is 91.9 Å². The molecule has 0 N–H and O–H groups in total. The Bertz CT molecular complexity index is 2000. The normalized spacial score (nSPS) is 17.4. The number of piperazine rings is 1. The van der Waals surface area contributed by atoms with Crippen molar-refractivity contribution in [2.75, 3.05) is 33.2 Å². The largest absolute Gasteiger partial charge is 0.419 e. The number of rotatable bonds is 4. The zero-order valence-corrected chi connectivity index (χ0v) is 23.4. The van der Waals surface area contributed by atoms with E-state index in [4.69, 9.17) is 18.3 Å². The van der Waals surface area contributed by atoms with Crippen LogP contribution in [0.5, 0.6) is 11.5 Å². The Hall–Kier alpha value is -5.07. The maximum absolute atomic E-state index is 14.4. The third-order valence-electron chi connectivity index (χ3n) is 7.58. The predicted molar refractivity (Wildman–Crippen MR) is 156 cm³/mol. The van der Waals surface area contributed by atoms with E-state index in [1.165, 1.54) is 10.6 Å². The molecule has 4 aromatic rings. The van der Waals surface area contributed by atoms with Crippen molar-refractivity contribution < 1.29 is 27.9 Å². The first-order chi connectivity index (χ1) is 20.7. The molecule has 220 valence electrons. The quantitative estimate of drug-likeness (QED) is 0.257. The lowest BCUT2D eigenvalue weighted by molar-refractivity contribution is -0.133. The van der Waals surface area contributed by atoms with Crippen LogP contribution in [0.1, 0.15) is 6.92 Å². The van der Waals surface area contributed by atoms with Crippen molar-refractivity contribution in [2.24, 2.45) is 0 Å². The van der Waals surface area contributed by atoms with E-state index >= 15 is 0 Å². The summed E-state index contributed by atoms with van der Waals surface area (Å²) in [7, 11) is 2.05. The van der Waals surface area contributed by atoms with Gasteiger partial charge in [0.15, 0.2) is 11.3 Å². The number of ether oxygens (including phenoxy) is 2. The summed E-state index contributed by atoms with van der Waals surface area (Å²) in [4.78, 5) is 69.5. The fraction of sp³-hybridized carbons (Fsp3) is 0.258. The van der Waals surface area contributed by atoms with Crippen LogP contribution in [0.15, 0.2) is 83.9 Å². The van der Waals surface area contributed by atoms with Crippen molar-refractivity contribution in [3.63, 3.8) is 0 Å². The fourth-order valence-electron chi connectivity index (χ4n) is 5.38. The molecule has 0 aliphatic carbocycles. The summed E-state index contributed by atoms with van der Waals surface area (Å²) in [5.74, 6) is -2.50. The lowest BCUT2D eigenvalue weighted by Crippen LogP contribution is -2.49. The molecule has 0 saturated carbocycles. The van der Waals surface area contributed by atoms with Crippen LogP contribution in [0.2, 0.25) is 0 Å². The molecule has 2 aromatic heterocycles. The average Bonchev–Trinajstić information content (AvgIpc) is 2.98. The average molecular weight is 586 g/mol. The maximum Gasteiger partial charge on any atom is 0.337 e. The number of hydrogen-bond acceptors (Lipinski definition) is 11. The summed E-state index contributed by atoms with van der Waals surface area (Å²) < 4.78 is 23.7. The number of fused-ring (bicyclic) bond motifs is 3. The van der Waals surface area contributed by atoms with Gasteiger partial charge in [-0.25, -0.2) is 19.2 Å². The Morgan fingerprint density at radius 2 is 1.47 bits per heavy atom. The summed E-state index contributed by atoms with van der Waals surface area (Å²) in [6.07, 6.45) is 1.75. The van der Waals surface area contributed by atoms with Gasteiger partial charge in [-0.3, -0.25) is 14.3 Å². The van der Waals surface area contributed by atoms with Crippen LogP contribution in [0.25, 0.3) is 33.2 Å². The molecule has 2 aliphatic heterocycles. The number of carbonyl (C=O) groups excluding carboxylic acids is 2. The molecular weight excluding hydrogens is 558 g/mol. The van der Waals surface area contributed by atoms with Gasteiger partial charge in [0.1, 0.15) is 0 Å². The topological polar surface area (TPSA) is 142 Å². The highest BCUT2D eigenvalue weighted by Gasteiger charge is 2.29. The molecule has 1 fully saturated rings. The van der Waals surface area contributed by atoms with E-state index in [2.05, 4.69) is 9.80 Å². The first-order valence-corrected chi connectivity index (χ1v) is 13.7. The molecule has 2 aliphatic rings. The molecule has 2 aromatic carbocycles. The van der Waals surface area contributed by atoms with Gasteiger partial charge in [-0.2, -0.15) is 0 Å². The minimum absolute atomic E-state index is 0.0104. The Balaban J connectivity index is 1.77. The second-order valence-corrected chi connectivity index (χ2v) is 10.5. The van der Waals surface area contributed by atoms with E-state index in [1.54, 1.807) is 30.3 Å². The Morgan fingerprint density at radius 3 is 2.16 bits per heavy atom. The monoisotopic (exact) mass is 585 g/mol. The standard InChI is InChI=1S/C31H27N3O9/c1-18(33-14-12-32(2)13-15-33)17-34-30(39)20-16-21-28(41-23(36)9-8-22(35)40-21)29-27(20)26(19-6-4-3-5-7-19)31(34)43-25(38)11-10-24(37)42-29/h3-11,16,18H,12-15,17H2,1-2H3/b9-8-,11-10?. The van der Waals surface area contributed by atoms with E-state index in [0.717, 1.165) is 50.5 Å². The molecule has 0 radical (unpaired) electrons. The predicted octanol–water partition coefficient (Wildman–Crippen LogP) is 2.31. The van der Waals surface area contributed by atoms with Gasteiger partial charge in [-0.15, -0.1) is 0 Å². The molecule has 1 saturated heterocycles. The highest BCUT2D eigenvalue weighted by atomic mass is 16.6. The first-order valence-electron chi connectivity index (χ1n) is 13.7. The Morgan fingerprint density at radius 1 is 0.814 bits per heavy atom. The van der Waals surface area contributed by atoms with Gasteiger partial charge < -0.3 is 23.2 Å². The summed E-state index contributed by atoms with van der Waals surface area (Å²) in [6.45, 7) is 5.42. The van der Waals surface area contributed by atoms with Crippen LogP contribution in [0, 0.1) is 0 Å². The van der Waals surface area contributed by atoms with E-state index < -0.39 is 28.7 Å². The number of esters is 2. The number of nitrogens with zero attached hydrogens (tertiary/aromatic N) is 3. The van der Waals surface area contributed by atoms with Gasteiger partial charge in [-0.05, 0) is 25.6 Å². The number of likely N-dealkylation sites (N-methyl/N-ethyl adjacent to an activating group) is 1. The van der Waals surface area contributed by atoms with E-state index in [9.17, 15) is 24.0 Å². The van der Waals surface area contributed by atoms with Gasteiger partial charge in [0.05, 0.1) is 10.9 Å². The van der Waals surface area contributed by atoms with Crippen molar-refractivity contribution in [2.45, 2.75) is 19.5 Å². The zero-order valence-electron chi connectivity index (χ0n) is 23.4. The van der Waals surface area contributed by atoms with Crippen molar-refractivity contribution >= 4 is 34.0 Å². The van der Waals surface area contributed by atoms with Gasteiger partial charge in [0.25, 0.3) is 5.56 Å². The van der Waals surface area contributed by atoms with Crippen LogP contribution in [-0.4, -0.2) is 65.6 Å². The number of hydrogen-bond donors (Lipinski definition) is 0. The Labute approximate surface area is 243 Å². The van der Waals surface area contributed by atoms with Gasteiger partial charge in [0, 0.05) is 68.4 Å². The number of carbonyl (C=O) groups is 2. The number of aromatic nitrogens is 1. The van der Waals surface area contributed by atoms with Crippen molar-refractivity contribution in [3.8, 4) is 22.6 Å². The molecule has 2 bridgehead atoms. The molecule has 12 nitrogen and oxygen atoms in total. The summed E-state index contributed by atoms with van der Waals surface area (Å²) >= 11 is 0. The van der Waals surface area contributed by atoms with Crippen LogP contribution in [0.4, 0.5) is 0 Å². The van der Waals surface area contributed by atoms with E-state index in [-0.39, 0.29) is 51.7 Å². The fourth-order valence-corrected chi connectivity index (χ4v) is 5.38. The van der Waals surface area contributed by atoms with Crippen LogP contribution < -0.4 is 26.3 Å². The Kier molecular flexibility index (Phi) is 7.38. The van der Waals surface area contributed by atoms with Crippen molar-refractivity contribution in [1.82, 2.24) is 14.4 Å². The molecule has 6 rings (SSSR count). The van der Waals surface area contributed by atoms with E-state index in [0.29, 0.717) is 5.56 Å². The third-order valence-corrected chi connectivity index (χ3v) is 7.58. The lowest BCUT2D eigenvalue weighted by atomic mass is 9.98. The second-order valence-electron chi connectivity index (χ2n) is 10.5. The lowest BCUT2D eigenvalue weighted by Gasteiger charge is -2.36. The molecule has 43 heavy (non-hydrogen) atoms. The third kappa shape index (κ3) is 5.45. The molecule has 4 heterocycles. The molecule has 0 spiro atoms. The van der Waals surface area contributed by atoms with Crippen LogP contribution >= 0.6 is 0 Å². The summed E-state index contributed by atoms with van der Waals surface area (Å²) in [5, 5.41) is 0.0297. The molecule has 0 amide bonds. The second kappa shape index (κ2) is 11.3. The SMILES string of the molecule is CC(Cn1c(=O)c2cc3c(c4oc(=O)ccc(=O)oc1c(-c1ccccc1)c42)OC(=O)/C=C\C(=O)O3)N1CCN(C)CC1. The van der Waals surface area contributed by atoms with Gasteiger partial charge in [0.2, 0.25) is 11.5 Å². The number of benzene rings is 2. The minimum atomic E-state index is -1.01. The highest BCUT2D eigenvalue weighted by molar-refractivity contribution is 6.13. The summed E-state index contributed by atoms with van der Waals surface area (Å²) in [6, 6.07) is 11.6. The summed E-state index contributed by atoms with van der Waals surface area (Å²) in [5.41, 5.74) is -2.15. The minimum Gasteiger partial charge on any atom is -0.419 e. The molecule has 1 atom stereocenters. The van der Waals surface area contributed by atoms with Crippen LogP contribution in [0.3, 0.4) is 0 Å². The molecular formula is C31H27N3O9. The first kappa shape index (κ1) is 28.1.